The van der Waals surface area contributed by atoms with E-state index < -0.39 is 55.1 Å². The molecule has 2 saturated heterocycles. The first-order valence-electron chi connectivity index (χ1n) is 17.6. The lowest BCUT2D eigenvalue weighted by atomic mass is 9.98. The van der Waals surface area contributed by atoms with E-state index in [-0.39, 0.29) is 13.2 Å². The van der Waals surface area contributed by atoms with Crippen molar-refractivity contribution in [3.05, 3.63) is 83.9 Å². The minimum Gasteiger partial charge on any atom is -0.453 e. The monoisotopic (exact) mass is 653 g/mol. The molecule has 2 fully saturated rings. The maximum absolute atomic E-state index is 12.9. The third kappa shape index (κ3) is 12.1. The van der Waals surface area contributed by atoms with Crippen LogP contribution in [0.4, 0.5) is 0 Å². The highest BCUT2D eigenvalue weighted by molar-refractivity contribution is 5.89. The van der Waals surface area contributed by atoms with E-state index in [9.17, 15) is 15.0 Å². The van der Waals surface area contributed by atoms with Crippen molar-refractivity contribution in [1.29, 1.82) is 0 Å². The number of hydrogen-bond acceptors (Lipinski definition) is 9. The minimum absolute atomic E-state index is 0.0876. The molecule has 0 aliphatic carbocycles. The Balaban J connectivity index is 1.24. The molecular formula is C38H55NO8. The zero-order chi connectivity index (χ0) is 33.3. The molecule has 0 radical (unpaired) electrons. The second-order valence-corrected chi connectivity index (χ2v) is 12.7. The molecule has 47 heavy (non-hydrogen) atoms. The zero-order valence-electron chi connectivity index (χ0n) is 27.9. The Morgan fingerprint density at radius 3 is 2.15 bits per heavy atom. The molecule has 4 N–H and O–H groups in total. The summed E-state index contributed by atoms with van der Waals surface area (Å²) in [4.78, 5) is 12.9. The average Bonchev–Trinajstić information content (AvgIpc) is 3.11. The Kier molecular flexibility index (Phi) is 16.4. The normalized spacial score (nSPS) is 25.7. The maximum Gasteiger partial charge on any atom is 0.338 e. The van der Waals surface area contributed by atoms with Gasteiger partial charge in [-0.05, 0) is 31.1 Å². The van der Waals surface area contributed by atoms with E-state index >= 15 is 0 Å². The third-order valence-corrected chi connectivity index (χ3v) is 8.83. The van der Waals surface area contributed by atoms with Crippen LogP contribution in [-0.2, 0) is 23.7 Å². The summed E-state index contributed by atoms with van der Waals surface area (Å²) in [6, 6.07) is 17.4. The van der Waals surface area contributed by atoms with Crippen molar-refractivity contribution >= 4 is 5.97 Å². The van der Waals surface area contributed by atoms with Gasteiger partial charge < -0.3 is 39.6 Å². The van der Waals surface area contributed by atoms with Gasteiger partial charge in [-0.1, -0.05) is 126 Å². The van der Waals surface area contributed by atoms with E-state index in [1.165, 1.54) is 57.8 Å². The largest absolute Gasteiger partial charge is 0.453 e. The number of benzene rings is 2. The predicted octanol–water partition coefficient (Wildman–Crippen LogP) is 6.37. The number of aliphatic hydroxyl groups excluding tert-OH is 2. The van der Waals surface area contributed by atoms with Gasteiger partial charge in [0.15, 0.2) is 12.6 Å². The Morgan fingerprint density at radius 1 is 0.872 bits per heavy atom. The van der Waals surface area contributed by atoms with Crippen LogP contribution in [0.2, 0.25) is 0 Å². The Morgan fingerprint density at radius 2 is 1.49 bits per heavy atom. The summed E-state index contributed by atoms with van der Waals surface area (Å²) < 4.78 is 29.5. The molecule has 4 rings (SSSR count). The van der Waals surface area contributed by atoms with Crippen LogP contribution in [0.3, 0.4) is 0 Å². The van der Waals surface area contributed by atoms with E-state index in [0.717, 1.165) is 24.8 Å². The molecule has 0 saturated carbocycles. The van der Waals surface area contributed by atoms with Gasteiger partial charge in [0.05, 0.1) is 24.8 Å². The molecule has 8 atom stereocenters. The highest BCUT2D eigenvalue weighted by Gasteiger charge is 2.49. The lowest BCUT2D eigenvalue weighted by Gasteiger charge is -2.46. The average molecular weight is 654 g/mol. The van der Waals surface area contributed by atoms with Gasteiger partial charge in [-0.3, -0.25) is 0 Å². The summed E-state index contributed by atoms with van der Waals surface area (Å²) in [5.74, 6) is -0.484. The van der Waals surface area contributed by atoms with Crippen LogP contribution in [0.1, 0.15) is 106 Å². The number of aliphatic hydroxyl groups is 2. The first-order valence-corrected chi connectivity index (χ1v) is 17.6. The summed E-state index contributed by atoms with van der Waals surface area (Å²) >= 11 is 0. The lowest BCUT2D eigenvalue weighted by Crippen LogP contribution is -2.62. The number of carbonyl (C=O) groups is 1. The standard InChI is InChI=1S/C38H55NO8/c1-2-3-4-5-6-7-8-9-10-11-12-13-20-25-31(45-36(42)28-21-16-14-17-22-28)30(39)26-43-38-34(41)33(40)35-32(46-38)27-44-37(47-35)29-23-18-15-19-24-29/h14-25,30-35,37-38,40-41H,2-13,26-27,39H2,1H3/b25-20+/t30-,31+,32+,33+,34+,35-,37-,38+/m0/s1. The van der Waals surface area contributed by atoms with Crippen LogP contribution in [0.15, 0.2) is 72.8 Å². The highest BCUT2D eigenvalue weighted by Crippen LogP contribution is 2.34. The zero-order valence-corrected chi connectivity index (χ0v) is 27.9. The van der Waals surface area contributed by atoms with Gasteiger partial charge in [-0.25, -0.2) is 4.79 Å². The van der Waals surface area contributed by atoms with Gasteiger partial charge in [0.25, 0.3) is 0 Å². The van der Waals surface area contributed by atoms with Gasteiger partial charge in [0, 0.05) is 5.56 Å². The highest BCUT2D eigenvalue weighted by atomic mass is 16.8. The molecule has 0 bridgehead atoms. The fourth-order valence-electron chi connectivity index (χ4n) is 5.99. The van der Waals surface area contributed by atoms with E-state index in [4.69, 9.17) is 29.4 Å². The maximum atomic E-state index is 12.9. The van der Waals surface area contributed by atoms with Crippen molar-refractivity contribution in [3.63, 3.8) is 0 Å². The van der Waals surface area contributed by atoms with E-state index in [2.05, 4.69) is 6.92 Å². The number of ether oxygens (including phenoxy) is 5. The van der Waals surface area contributed by atoms with Gasteiger partial charge in [0.1, 0.15) is 30.5 Å². The number of hydrogen-bond donors (Lipinski definition) is 3. The smallest absolute Gasteiger partial charge is 0.338 e. The Hall–Kier alpha value is -2.63. The van der Waals surface area contributed by atoms with Gasteiger partial charge >= 0.3 is 5.97 Å². The number of allylic oxidation sites excluding steroid dienone is 1. The minimum atomic E-state index is -1.38. The van der Waals surface area contributed by atoms with Crippen molar-refractivity contribution < 1.29 is 38.7 Å². The molecule has 0 unspecified atom stereocenters. The summed E-state index contributed by atoms with van der Waals surface area (Å²) in [5.41, 5.74) is 7.74. The molecule has 2 aliphatic heterocycles. The van der Waals surface area contributed by atoms with Crippen molar-refractivity contribution in [3.8, 4) is 0 Å². The summed E-state index contributed by atoms with van der Waals surface area (Å²) in [5, 5.41) is 21.8. The Bertz CT molecular complexity index is 1160. The van der Waals surface area contributed by atoms with Gasteiger partial charge in [-0.2, -0.15) is 0 Å². The molecule has 2 aromatic rings. The number of carbonyl (C=O) groups excluding carboxylic acids is 1. The number of fused-ring (bicyclic) bond motifs is 1. The first kappa shape index (κ1) is 37.2. The third-order valence-electron chi connectivity index (χ3n) is 8.83. The van der Waals surface area contributed by atoms with Crippen LogP contribution in [0, 0.1) is 0 Å². The van der Waals surface area contributed by atoms with Crippen LogP contribution < -0.4 is 5.73 Å². The molecule has 2 aromatic carbocycles. The number of esters is 1. The van der Waals surface area contributed by atoms with Gasteiger partial charge in [-0.15, -0.1) is 0 Å². The molecule has 0 aromatic heterocycles. The Labute approximate surface area is 280 Å². The van der Waals surface area contributed by atoms with Crippen molar-refractivity contribution in [2.45, 2.75) is 133 Å². The van der Waals surface area contributed by atoms with E-state index in [1.807, 2.05) is 48.6 Å². The lowest BCUT2D eigenvalue weighted by molar-refractivity contribution is -0.361. The fourth-order valence-corrected chi connectivity index (χ4v) is 5.99. The molecule has 2 heterocycles. The van der Waals surface area contributed by atoms with Crippen LogP contribution in [-0.4, -0.2) is 72.2 Å². The van der Waals surface area contributed by atoms with Crippen molar-refractivity contribution in [2.75, 3.05) is 13.2 Å². The molecule has 0 amide bonds. The molecule has 9 heteroatoms. The first-order chi connectivity index (χ1) is 23.0. The van der Waals surface area contributed by atoms with Crippen LogP contribution in [0.5, 0.6) is 0 Å². The molecule has 260 valence electrons. The van der Waals surface area contributed by atoms with Crippen LogP contribution >= 0.6 is 0 Å². The fraction of sp³-hybridized carbons (Fsp3) is 0.605. The molecule has 9 nitrogen and oxygen atoms in total. The number of rotatable bonds is 20. The summed E-state index contributed by atoms with van der Waals surface area (Å²) in [6.45, 7) is 2.31. The quantitative estimate of drug-likeness (QED) is 0.0848. The van der Waals surface area contributed by atoms with E-state index in [0.29, 0.717) is 5.56 Å². The summed E-state index contributed by atoms with van der Waals surface area (Å²) in [7, 11) is 0. The molecule has 2 aliphatic rings. The molecular weight excluding hydrogens is 598 g/mol. The number of unbranched alkanes of at least 4 members (excludes halogenated alkanes) is 11. The molecule has 0 spiro atoms. The van der Waals surface area contributed by atoms with Crippen molar-refractivity contribution in [2.24, 2.45) is 5.73 Å². The summed E-state index contributed by atoms with van der Waals surface area (Å²) in [6.07, 6.45) is 12.1. The van der Waals surface area contributed by atoms with Gasteiger partial charge in [0.2, 0.25) is 0 Å². The second-order valence-electron chi connectivity index (χ2n) is 12.7. The number of nitrogens with two attached hydrogens (primary N) is 1. The second kappa shape index (κ2) is 20.7. The van der Waals surface area contributed by atoms with Crippen molar-refractivity contribution in [1.82, 2.24) is 0 Å². The SMILES string of the molecule is CCCCCCCCCCCCC/C=C/[C@@H](OC(=O)c1ccccc1)[C@@H](N)CO[C@@H]1O[C@@H]2CO[C@H](c3ccccc3)O[C@@H]2[C@H](O)[C@H]1O. The van der Waals surface area contributed by atoms with E-state index in [1.54, 1.807) is 24.3 Å². The van der Waals surface area contributed by atoms with Crippen LogP contribution in [0.25, 0.3) is 0 Å². The topological polar surface area (TPSA) is 130 Å². The predicted molar refractivity (Wildman–Crippen MR) is 180 cm³/mol.